The predicted molar refractivity (Wildman–Crippen MR) is 59.0 cm³/mol. The van der Waals surface area contributed by atoms with Gasteiger partial charge < -0.3 is 4.90 Å². The third-order valence-electron chi connectivity index (χ3n) is 2.18. The number of aryl methyl sites for hydroxylation is 1. The summed E-state index contributed by atoms with van der Waals surface area (Å²) in [7, 11) is 1.89. The molecule has 1 aliphatic rings. The molecule has 1 aromatic rings. The summed E-state index contributed by atoms with van der Waals surface area (Å²) in [5, 5.41) is 4.25. The quantitative estimate of drug-likeness (QED) is 0.654. The van der Waals surface area contributed by atoms with E-state index in [9.17, 15) is 4.79 Å². The van der Waals surface area contributed by atoms with Gasteiger partial charge in [-0.25, -0.2) is 0 Å². The van der Waals surface area contributed by atoms with Gasteiger partial charge in [0.05, 0.1) is 12.2 Å². The molecule has 0 saturated heterocycles. The Hall–Kier alpha value is -1.58. The second kappa shape index (κ2) is 4.77. The first-order chi connectivity index (χ1) is 7.20. The molecule has 1 aliphatic heterocycles. The Bertz CT molecular complexity index is 344. The summed E-state index contributed by atoms with van der Waals surface area (Å²) in [4.78, 5) is 13.0. The number of hydrogen-bond acceptors (Lipinski definition) is 2. The van der Waals surface area contributed by atoms with E-state index in [1.165, 1.54) is 6.08 Å². The maximum absolute atomic E-state index is 11.2. The number of carbonyl (C=O) groups is 1. The molecule has 82 valence electrons. The van der Waals surface area contributed by atoms with Crippen LogP contribution in [0.25, 0.3) is 0 Å². The molecule has 1 amide bonds. The van der Waals surface area contributed by atoms with Gasteiger partial charge in [-0.3, -0.25) is 9.48 Å². The van der Waals surface area contributed by atoms with Crippen LogP contribution in [0.3, 0.4) is 0 Å². The lowest BCUT2D eigenvalue weighted by molar-refractivity contribution is -0.126. The zero-order valence-electron chi connectivity index (χ0n) is 9.53. The summed E-state index contributed by atoms with van der Waals surface area (Å²) in [6.07, 6.45) is 3.29. The van der Waals surface area contributed by atoms with Crippen molar-refractivity contribution in [2.75, 3.05) is 0 Å². The number of rotatable bonds is 1. The molecule has 0 radical (unpaired) electrons. The molecule has 4 nitrogen and oxygen atoms in total. The van der Waals surface area contributed by atoms with Crippen LogP contribution in [0.4, 0.5) is 0 Å². The Morgan fingerprint density at radius 2 is 2.20 bits per heavy atom. The smallest absolute Gasteiger partial charge is 0.246 e. The summed E-state index contributed by atoms with van der Waals surface area (Å²) in [5.74, 6) is -0.0272. The fourth-order valence-electron chi connectivity index (χ4n) is 1.58. The first kappa shape index (κ1) is 11.5. The standard InChI is InChI=1S/C9H11N3O.C2H6/c1-3-9(13)12-5-7-4-11(2)10-8(7)6-12;1-2/h3-4H,1,5-6H2,2H3;1-2H3. The Labute approximate surface area is 90.2 Å². The summed E-state index contributed by atoms with van der Waals surface area (Å²) in [5.41, 5.74) is 2.13. The molecule has 0 spiro atoms. The average Bonchev–Trinajstić information content (AvgIpc) is 2.76. The molecule has 0 aliphatic carbocycles. The van der Waals surface area contributed by atoms with Crippen LogP contribution in [0.15, 0.2) is 18.9 Å². The highest BCUT2D eigenvalue weighted by molar-refractivity contribution is 5.87. The van der Waals surface area contributed by atoms with Crippen molar-refractivity contribution in [3.8, 4) is 0 Å². The van der Waals surface area contributed by atoms with Gasteiger partial charge >= 0.3 is 0 Å². The third kappa shape index (κ3) is 2.26. The van der Waals surface area contributed by atoms with E-state index in [2.05, 4.69) is 11.7 Å². The molecule has 0 aromatic carbocycles. The van der Waals surface area contributed by atoms with Crippen molar-refractivity contribution >= 4 is 5.91 Å². The number of hydrogen-bond donors (Lipinski definition) is 0. The van der Waals surface area contributed by atoms with Crippen molar-refractivity contribution in [1.29, 1.82) is 0 Å². The lowest BCUT2D eigenvalue weighted by atomic mass is 10.3. The van der Waals surface area contributed by atoms with Crippen LogP contribution in [-0.2, 0) is 24.9 Å². The molecule has 2 rings (SSSR count). The van der Waals surface area contributed by atoms with Gasteiger partial charge in [0, 0.05) is 25.4 Å². The normalized spacial score (nSPS) is 12.9. The van der Waals surface area contributed by atoms with Crippen LogP contribution in [0.2, 0.25) is 0 Å². The zero-order valence-corrected chi connectivity index (χ0v) is 9.53. The van der Waals surface area contributed by atoms with Gasteiger partial charge in [0.1, 0.15) is 0 Å². The van der Waals surface area contributed by atoms with E-state index in [1.807, 2.05) is 27.1 Å². The molecule has 4 heteroatoms. The molecule has 15 heavy (non-hydrogen) atoms. The van der Waals surface area contributed by atoms with Gasteiger partial charge in [0.25, 0.3) is 0 Å². The maximum atomic E-state index is 11.2. The van der Waals surface area contributed by atoms with E-state index < -0.39 is 0 Å². The van der Waals surface area contributed by atoms with Gasteiger partial charge in [-0.2, -0.15) is 5.10 Å². The van der Waals surface area contributed by atoms with Crippen LogP contribution >= 0.6 is 0 Å². The average molecular weight is 207 g/mol. The second-order valence-corrected chi connectivity index (χ2v) is 3.17. The summed E-state index contributed by atoms with van der Waals surface area (Å²) in [6, 6.07) is 0. The highest BCUT2D eigenvalue weighted by atomic mass is 16.2. The van der Waals surface area contributed by atoms with Gasteiger partial charge in [0.2, 0.25) is 5.91 Å². The largest absolute Gasteiger partial charge is 0.329 e. The zero-order chi connectivity index (χ0) is 11.4. The fraction of sp³-hybridized carbons (Fsp3) is 0.455. The van der Waals surface area contributed by atoms with E-state index in [-0.39, 0.29) is 5.91 Å². The molecule has 0 unspecified atom stereocenters. The van der Waals surface area contributed by atoms with E-state index in [0.29, 0.717) is 13.1 Å². The van der Waals surface area contributed by atoms with Gasteiger partial charge in [-0.05, 0) is 6.08 Å². The van der Waals surface area contributed by atoms with E-state index >= 15 is 0 Å². The van der Waals surface area contributed by atoms with Crippen molar-refractivity contribution < 1.29 is 4.79 Å². The monoisotopic (exact) mass is 207 g/mol. The summed E-state index contributed by atoms with van der Waals surface area (Å²) < 4.78 is 1.78. The van der Waals surface area contributed by atoms with Crippen LogP contribution in [-0.4, -0.2) is 20.6 Å². The highest BCUT2D eigenvalue weighted by Crippen LogP contribution is 2.20. The Kier molecular flexibility index (Phi) is 3.66. The Balaban J connectivity index is 0.000000531. The minimum atomic E-state index is -0.0272. The summed E-state index contributed by atoms with van der Waals surface area (Å²) >= 11 is 0. The van der Waals surface area contributed by atoms with Crippen LogP contribution in [0, 0.1) is 0 Å². The Morgan fingerprint density at radius 3 is 2.73 bits per heavy atom. The van der Waals surface area contributed by atoms with E-state index in [0.717, 1.165) is 11.3 Å². The third-order valence-corrected chi connectivity index (χ3v) is 2.18. The number of amides is 1. The predicted octanol–water partition coefficient (Wildman–Crippen LogP) is 1.47. The molecular formula is C11H17N3O. The topological polar surface area (TPSA) is 38.1 Å². The summed E-state index contributed by atoms with van der Waals surface area (Å²) in [6.45, 7) is 8.73. The lowest BCUT2D eigenvalue weighted by Crippen LogP contribution is -2.23. The number of carbonyl (C=O) groups excluding carboxylic acids is 1. The van der Waals surface area contributed by atoms with Crippen molar-refractivity contribution in [3.05, 3.63) is 30.1 Å². The molecule has 0 bridgehead atoms. The first-order valence-electron chi connectivity index (χ1n) is 5.13. The van der Waals surface area contributed by atoms with Crippen molar-refractivity contribution in [1.82, 2.24) is 14.7 Å². The van der Waals surface area contributed by atoms with Crippen molar-refractivity contribution in [2.24, 2.45) is 7.05 Å². The molecule has 0 fully saturated rings. The van der Waals surface area contributed by atoms with Crippen LogP contribution in [0.5, 0.6) is 0 Å². The van der Waals surface area contributed by atoms with E-state index in [4.69, 9.17) is 0 Å². The number of fused-ring (bicyclic) bond motifs is 1. The second-order valence-electron chi connectivity index (χ2n) is 3.17. The van der Waals surface area contributed by atoms with E-state index in [1.54, 1.807) is 9.58 Å². The molecular weight excluding hydrogens is 190 g/mol. The maximum Gasteiger partial charge on any atom is 0.246 e. The SMILES string of the molecule is C=CC(=O)N1Cc2cn(C)nc2C1.CC. The van der Waals surface area contributed by atoms with Gasteiger partial charge in [0.15, 0.2) is 0 Å². The van der Waals surface area contributed by atoms with Crippen molar-refractivity contribution in [2.45, 2.75) is 26.9 Å². The number of aromatic nitrogens is 2. The molecule has 1 aromatic heterocycles. The molecule has 2 heterocycles. The fourth-order valence-corrected chi connectivity index (χ4v) is 1.58. The van der Waals surface area contributed by atoms with Crippen molar-refractivity contribution in [3.63, 3.8) is 0 Å². The Morgan fingerprint density at radius 1 is 1.53 bits per heavy atom. The molecule has 0 saturated carbocycles. The highest BCUT2D eigenvalue weighted by Gasteiger charge is 2.23. The lowest BCUT2D eigenvalue weighted by Gasteiger charge is -2.11. The number of nitrogens with zero attached hydrogens (tertiary/aromatic N) is 3. The van der Waals surface area contributed by atoms with Crippen LogP contribution in [0.1, 0.15) is 25.1 Å². The molecule has 0 N–H and O–H groups in total. The minimum absolute atomic E-state index is 0.0272. The molecule has 0 atom stereocenters. The minimum Gasteiger partial charge on any atom is -0.329 e. The van der Waals surface area contributed by atoms with Gasteiger partial charge in [-0.1, -0.05) is 20.4 Å². The van der Waals surface area contributed by atoms with Crippen LogP contribution < -0.4 is 0 Å². The first-order valence-corrected chi connectivity index (χ1v) is 5.13. The van der Waals surface area contributed by atoms with Gasteiger partial charge in [-0.15, -0.1) is 0 Å².